The molecule has 0 atom stereocenters. The molecule has 2 aromatic rings. The maximum absolute atomic E-state index is 12.7. The van der Waals surface area contributed by atoms with Crippen LogP contribution >= 0.6 is 11.9 Å². The standard InChI is InChI=1S/C15H12F3N3O3S/c1-20(25-13-8-3-2-7-12(13)21(23)24)14(22)19-11-6-4-5-10(9-11)15(16,17)18/h2-9H,1H3,(H,19,22). The Morgan fingerprint density at radius 1 is 1.20 bits per heavy atom. The number of hydrogen-bond donors (Lipinski definition) is 1. The van der Waals surface area contributed by atoms with Gasteiger partial charge in [0.1, 0.15) is 4.90 Å². The molecule has 2 rings (SSSR count). The minimum Gasteiger partial charge on any atom is -0.307 e. The number of carbonyl (C=O) groups is 1. The van der Waals surface area contributed by atoms with E-state index < -0.39 is 22.7 Å². The first-order valence-corrected chi connectivity index (χ1v) is 7.59. The fraction of sp³-hybridized carbons (Fsp3) is 0.133. The van der Waals surface area contributed by atoms with Gasteiger partial charge in [-0.25, -0.2) is 4.79 Å². The summed E-state index contributed by atoms with van der Waals surface area (Å²) >= 11 is 0.793. The van der Waals surface area contributed by atoms with Gasteiger partial charge in [-0.05, 0) is 36.2 Å². The zero-order valence-corrected chi connectivity index (χ0v) is 13.6. The van der Waals surface area contributed by atoms with Crippen LogP contribution in [0.1, 0.15) is 5.56 Å². The molecule has 0 bridgehead atoms. The number of alkyl halides is 3. The van der Waals surface area contributed by atoms with Gasteiger partial charge in [-0.1, -0.05) is 18.2 Å². The summed E-state index contributed by atoms with van der Waals surface area (Å²) in [7, 11) is 1.35. The van der Waals surface area contributed by atoms with Crippen molar-refractivity contribution < 1.29 is 22.9 Å². The molecule has 0 aliphatic rings. The predicted octanol–water partition coefficient (Wildman–Crippen LogP) is 4.78. The highest BCUT2D eigenvalue weighted by molar-refractivity contribution is 7.97. The Bertz CT molecular complexity index is 799. The zero-order valence-electron chi connectivity index (χ0n) is 12.8. The lowest BCUT2D eigenvalue weighted by Crippen LogP contribution is -2.25. The molecule has 132 valence electrons. The first-order valence-electron chi connectivity index (χ1n) is 6.82. The smallest absolute Gasteiger partial charge is 0.307 e. The molecule has 0 heterocycles. The number of para-hydroxylation sites is 1. The van der Waals surface area contributed by atoms with Crippen molar-refractivity contribution in [3.8, 4) is 0 Å². The summed E-state index contributed by atoms with van der Waals surface area (Å²) in [5.41, 5.74) is -1.10. The third-order valence-electron chi connectivity index (χ3n) is 3.02. The molecule has 6 nitrogen and oxygen atoms in total. The molecule has 0 aliphatic heterocycles. The van der Waals surface area contributed by atoms with E-state index in [0.717, 1.165) is 28.4 Å². The highest BCUT2D eigenvalue weighted by atomic mass is 32.2. The van der Waals surface area contributed by atoms with Crippen LogP contribution in [0, 0.1) is 10.1 Å². The zero-order chi connectivity index (χ0) is 18.6. The molecule has 10 heteroatoms. The van der Waals surface area contributed by atoms with Gasteiger partial charge in [0.05, 0.1) is 10.5 Å². The van der Waals surface area contributed by atoms with Crippen molar-refractivity contribution in [2.45, 2.75) is 11.1 Å². The molecule has 0 aliphatic carbocycles. The van der Waals surface area contributed by atoms with Crippen LogP contribution in [0.25, 0.3) is 0 Å². The number of anilines is 1. The average molecular weight is 371 g/mol. The number of carbonyl (C=O) groups excluding carboxylic acids is 1. The largest absolute Gasteiger partial charge is 0.416 e. The highest BCUT2D eigenvalue weighted by Gasteiger charge is 2.30. The van der Waals surface area contributed by atoms with Crippen molar-refractivity contribution in [3.63, 3.8) is 0 Å². The van der Waals surface area contributed by atoms with Crippen molar-refractivity contribution >= 4 is 29.4 Å². The molecular formula is C15H12F3N3O3S. The maximum Gasteiger partial charge on any atom is 0.416 e. The monoisotopic (exact) mass is 371 g/mol. The van der Waals surface area contributed by atoms with E-state index in [1.54, 1.807) is 6.07 Å². The Kier molecular flexibility index (Phi) is 5.52. The van der Waals surface area contributed by atoms with Gasteiger partial charge in [-0.2, -0.15) is 13.2 Å². The maximum atomic E-state index is 12.7. The van der Waals surface area contributed by atoms with Gasteiger partial charge < -0.3 is 5.32 Å². The van der Waals surface area contributed by atoms with E-state index in [0.29, 0.717) is 0 Å². The number of hydrogen-bond acceptors (Lipinski definition) is 4. The van der Waals surface area contributed by atoms with E-state index >= 15 is 0 Å². The van der Waals surface area contributed by atoms with Gasteiger partial charge in [-0.15, -0.1) is 0 Å². The summed E-state index contributed by atoms with van der Waals surface area (Å²) in [6.07, 6.45) is -4.52. The third-order valence-corrected chi connectivity index (χ3v) is 4.01. The fourth-order valence-electron chi connectivity index (χ4n) is 1.85. The van der Waals surface area contributed by atoms with E-state index in [1.807, 2.05) is 0 Å². The van der Waals surface area contributed by atoms with E-state index in [-0.39, 0.29) is 16.3 Å². The summed E-state index contributed by atoms with van der Waals surface area (Å²) in [5.74, 6) is 0. The first kappa shape index (κ1) is 18.6. The van der Waals surface area contributed by atoms with Crippen LogP contribution in [0.3, 0.4) is 0 Å². The second-order valence-corrected chi connectivity index (χ2v) is 5.99. The molecule has 0 aromatic heterocycles. The van der Waals surface area contributed by atoms with Gasteiger partial charge in [-0.3, -0.25) is 14.4 Å². The Morgan fingerprint density at radius 3 is 2.52 bits per heavy atom. The number of benzene rings is 2. The number of rotatable bonds is 4. The molecule has 2 aromatic carbocycles. The number of urea groups is 1. The molecular weight excluding hydrogens is 359 g/mol. The van der Waals surface area contributed by atoms with Crippen molar-refractivity contribution in [2.24, 2.45) is 0 Å². The summed E-state index contributed by atoms with van der Waals surface area (Å²) in [6, 6.07) is 9.30. The lowest BCUT2D eigenvalue weighted by atomic mass is 10.2. The number of nitro benzene ring substituents is 1. The minimum absolute atomic E-state index is 0.0326. The Hall–Kier alpha value is -2.75. The molecule has 0 saturated heterocycles. The quantitative estimate of drug-likeness (QED) is 0.477. The van der Waals surface area contributed by atoms with Crippen LogP contribution in [0.2, 0.25) is 0 Å². The first-order chi connectivity index (χ1) is 11.7. The van der Waals surface area contributed by atoms with Gasteiger partial charge in [0, 0.05) is 18.8 Å². The summed E-state index contributed by atoms with van der Waals surface area (Å²) in [6.45, 7) is 0. The Morgan fingerprint density at radius 2 is 1.88 bits per heavy atom. The lowest BCUT2D eigenvalue weighted by Gasteiger charge is -2.17. The van der Waals surface area contributed by atoms with Crippen LogP contribution in [-0.4, -0.2) is 22.3 Å². The number of nitrogens with one attached hydrogen (secondary N) is 1. The Balaban J connectivity index is 2.10. The van der Waals surface area contributed by atoms with Crippen LogP contribution < -0.4 is 5.32 Å². The van der Waals surface area contributed by atoms with Gasteiger partial charge in [0.15, 0.2) is 0 Å². The van der Waals surface area contributed by atoms with E-state index in [9.17, 15) is 28.1 Å². The second-order valence-electron chi connectivity index (χ2n) is 4.82. The van der Waals surface area contributed by atoms with Gasteiger partial charge >= 0.3 is 12.2 Å². The number of halogens is 3. The van der Waals surface area contributed by atoms with E-state index in [2.05, 4.69) is 5.32 Å². The summed E-state index contributed by atoms with van der Waals surface area (Å²) in [5, 5.41) is 13.3. The van der Waals surface area contributed by atoms with Crippen LogP contribution in [0.15, 0.2) is 53.4 Å². The second kappa shape index (κ2) is 7.43. The lowest BCUT2D eigenvalue weighted by molar-refractivity contribution is -0.387. The normalized spacial score (nSPS) is 11.0. The third kappa shape index (κ3) is 4.86. The topological polar surface area (TPSA) is 75.5 Å². The molecule has 0 saturated carbocycles. The van der Waals surface area contributed by atoms with Crippen molar-refractivity contribution in [3.05, 3.63) is 64.2 Å². The summed E-state index contributed by atoms with van der Waals surface area (Å²) < 4.78 is 39.1. The number of amides is 2. The number of nitro groups is 1. The SMILES string of the molecule is CN(Sc1ccccc1[N+](=O)[O-])C(=O)Nc1cccc(C(F)(F)F)c1. The van der Waals surface area contributed by atoms with Crippen molar-refractivity contribution in [1.82, 2.24) is 4.31 Å². The molecule has 0 radical (unpaired) electrons. The van der Waals surface area contributed by atoms with Crippen molar-refractivity contribution in [1.29, 1.82) is 0 Å². The van der Waals surface area contributed by atoms with Gasteiger partial charge in [0.2, 0.25) is 0 Å². The number of nitrogens with zero attached hydrogens (tertiary/aromatic N) is 2. The molecule has 0 fully saturated rings. The van der Waals surface area contributed by atoms with Crippen LogP contribution in [-0.2, 0) is 6.18 Å². The Labute approximate surface area is 144 Å². The molecule has 0 spiro atoms. The highest BCUT2D eigenvalue weighted by Crippen LogP contribution is 2.32. The van der Waals surface area contributed by atoms with E-state index in [1.165, 1.54) is 37.4 Å². The van der Waals surface area contributed by atoms with Crippen LogP contribution in [0.4, 0.5) is 29.3 Å². The molecule has 2 amide bonds. The predicted molar refractivity (Wildman–Crippen MR) is 87.2 cm³/mol. The molecule has 25 heavy (non-hydrogen) atoms. The van der Waals surface area contributed by atoms with Crippen molar-refractivity contribution in [2.75, 3.05) is 12.4 Å². The molecule has 0 unspecified atom stereocenters. The van der Waals surface area contributed by atoms with E-state index in [4.69, 9.17) is 0 Å². The molecule has 1 N–H and O–H groups in total. The average Bonchev–Trinajstić information content (AvgIpc) is 2.54. The fourth-order valence-corrected chi connectivity index (χ4v) is 2.65. The minimum atomic E-state index is -4.52. The van der Waals surface area contributed by atoms with Crippen LogP contribution in [0.5, 0.6) is 0 Å². The summed E-state index contributed by atoms with van der Waals surface area (Å²) in [4.78, 5) is 22.7. The van der Waals surface area contributed by atoms with Gasteiger partial charge in [0.25, 0.3) is 5.69 Å².